The average molecular weight is 337 g/mol. The summed E-state index contributed by atoms with van der Waals surface area (Å²) < 4.78 is 5.18. The van der Waals surface area contributed by atoms with Crippen LogP contribution in [0.2, 0.25) is 0 Å². The summed E-state index contributed by atoms with van der Waals surface area (Å²) in [5.41, 5.74) is 1.65. The van der Waals surface area contributed by atoms with E-state index in [1.807, 2.05) is 6.07 Å². The van der Waals surface area contributed by atoms with E-state index in [-0.39, 0.29) is 17.9 Å². The zero-order chi connectivity index (χ0) is 17.6. The lowest BCUT2D eigenvalue weighted by molar-refractivity contribution is -0.111. The molecule has 2 N–H and O–H groups in total. The first kappa shape index (κ1) is 16.7. The molecule has 1 fully saturated rings. The highest BCUT2D eigenvalue weighted by molar-refractivity contribution is 6.08. The Morgan fingerprint density at radius 1 is 1.28 bits per heavy atom. The lowest BCUT2D eigenvalue weighted by Crippen LogP contribution is -2.26. The number of pyridine rings is 1. The molecule has 2 aromatic rings. The highest BCUT2D eigenvalue weighted by Gasteiger charge is 2.25. The highest BCUT2D eigenvalue weighted by atomic mass is 16.5. The number of rotatable bonds is 6. The molecule has 1 aliphatic carbocycles. The minimum Gasteiger partial charge on any atom is -0.497 e. The van der Waals surface area contributed by atoms with Crippen molar-refractivity contribution in [2.75, 3.05) is 12.4 Å². The minimum atomic E-state index is -0.325. The van der Waals surface area contributed by atoms with Gasteiger partial charge in [0, 0.05) is 24.5 Å². The molecule has 1 aliphatic rings. The number of amides is 2. The summed E-state index contributed by atoms with van der Waals surface area (Å²) in [5.74, 6) is 0.0206. The predicted molar refractivity (Wildman–Crippen MR) is 95.4 cm³/mol. The maximum atomic E-state index is 12.4. The zero-order valence-electron chi connectivity index (χ0n) is 13.9. The molecular weight excluding hydrogens is 318 g/mol. The predicted octanol–water partition coefficient (Wildman–Crippen LogP) is 2.63. The largest absolute Gasteiger partial charge is 0.497 e. The summed E-state index contributed by atoms with van der Waals surface area (Å²) in [6.07, 6.45) is 8.38. The molecule has 1 heterocycles. The molecular formula is C19H19N3O3. The lowest BCUT2D eigenvalue weighted by Gasteiger charge is -2.12. The Hall–Kier alpha value is -3.15. The number of hydrogen-bond acceptors (Lipinski definition) is 4. The van der Waals surface area contributed by atoms with E-state index in [2.05, 4.69) is 15.6 Å². The first-order chi connectivity index (χ1) is 12.2. The molecule has 0 unspecified atom stereocenters. The number of aromatic nitrogens is 1. The number of ether oxygens (including phenoxy) is 1. The van der Waals surface area contributed by atoms with Crippen LogP contribution in [-0.2, 0) is 4.79 Å². The summed E-state index contributed by atoms with van der Waals surface area (Å²) >= 11 is 0. The topological polar surface area (TPSA) is 80.3 Å². The van der Waals surface area contributed by atoms with Crippen LogP contribution in [0.25, 0.3) is 6.08 Å². The third kappa shape index (κ3) is 4.67. The maximum absolute atomic E-state index is 12.4. The van der Waals surface area contributed by atoms with Crippen molar-refractivity contribution in [3.05, 3.63) is 59.9 Å². The van der Waals surface area contributed by atoms with Crippen molar-refractivity contribution in [2.24, 2.45) is 0 Å². The molecule has 6 nitrogen and oxygen atoms in total. The number of hydrogen-bond donors (Lipinski definition) is 2. The average Bonchev–Trinajstić information content (AvgIpc) is 3.45. The maximum Gasteiger partial charge on any atom is 0.253 e. The Balaban J connectivity index is 1.75. The van der Waals surface area contributed by atoms with E-state index in [9.17, 15) is 9.59 Å². The highest BCUT2D eigenvalue weighted by Crippen LogP contribution is 2.25. The fourth-order valence-corrected chi connectivity index (χ4v) is 2.26. The number of nitrogens with zero attached hydrogens (tertiary/aromatic N) is 1. The second-order valence-corrected chi connectivity index (χ2v) is 5.77. The monoisotopic (exact) mass is 337 g/mol. The summed E-state index contributed by atoms with van der Waals surface area (Å²) in [7, 11) is 1.53. The van der Waals surface area contributed by atoms with Gasteiger partial charge in [0.25, 0.3) is 5.91 Å². The Morgan fingerprint density at radius 3 is 2.80 bits per heavy atom. The number of carbonyl (C=O) groups is 2. The van der Waals surface area contributed by atoms with Crippen LogP contribution in [0, 0.1) is 0 Å². The molecule has 25 heavy (non-hydrogen) atoms. The van der Waals surface area contributed by atoms with Crippen molar-refractivity contribution >= 4 is 23.6 Å². The fourth-order valence-electron chi connectivity index (χ4n) is 2.26. The molecule has 1 aromatic heterocycles. The Kier molecular flexibility index (Phi) is 5.09. The van der Waals surface area contributed by atoms with E-state index >= 15 is 0 Å². The van der Waals surface area contributed by atoms with Gasteiger partial charge in [-0.1, -0.05) is 6.07 Å². The van der Waals surface area contributed by atoms with Crippen molar-refractivity contribution in [3.63, 3.8) is 0 Å². The Labute approximate surface area is 145 Å². The van der Waals surface area contributed by atoms with Crippen LogP contribution in [0.5, 0.6) is 5.75 Å². The number of anilines is 1. The van der Waals surface area contributed by atoms with Crippen molar-refractivity contribution in [2.45, 2.75) is 18.9 Å². The first-order valence-corrected chi connectivity index (χ1v) is 8.03. The lowest BCUT2D eigenvalue weighted by atomic mass is 10.1. The second kappa shape index (κ2) is 7.61. The van der Waals surface area contributed by atoms with Crippen molar-refractivity contribution in [3.8, 4) is 5.75 Å². The summed E-state index contributed by atoms with van der Waals surface area (Å²) in [6.45, 7) is 0. The van der Waals surface area contributed by atoms with Gasteiger partial charge in [0.1, 0.15) is 5.75 Å². The quantitative estimate of drug-likeness (QED) is 0.794. The number of carbonyl (C=O) groups excluding carboxylic acids is 2. The third-order valence-electron chi connectivity index (χ3n) is 3.75. The van der Waals surface area contributed by atoms with Crippen LogP contribution in [-0.4, -0.2) is 29.9 Å². The molecule has 2 amide bonds. The molecule has 0 bridgehead atoms. The Morgan fingerprint density at radius 2 is 2.12 bits per heavy atom. The van der Waals surface area contributed by atoms with Gasteiger partial charge >= 0.3 is 0 Å². The first-order valence-electron chi connectivity index (χ1n) is 8.03. The van der Waals surface area contributed by atoms with Gasteiger partial charge in [-0.05, 0) is 48.7 Å². The molecule has 1 saturated carbocycles. The molecule has 0 atom stereocenters. The molecule has 0 saturated heterocycles. The van der Waals surface area contributed by atoms with Gasteiger partial charge in [0.15, 0.2) is 0 Å². The molecule has 1 aromatic carbocycles. The number of benzene rings is 1. The summed E-state index contributed by atoms with van der Waals surface area (Å²) in [5, 5.41) is 5.66. The van der Waals surface area contributed by atoms with Crippen LogP contribution in [0.15, 0.2) is 48.8 Å². The van der Waals surface area contributed by atoms with E-state index in [0.717, 1.165) is 18.4 Å². The van der Waals surface area contributed by atoms with E-state index in [0.29, 0.717) is 17.0 Å². The fraction of sp³-hybridized carbons (Fsp3) is 0.211. The minimum absolute atomic E-state index is 0.215. The van der Waals surface area contributed by atoms with E-state index in [1.54, 1.807) is 42.7 Å². The van der Waals surface area contributed by atoms with Crippen molar-refractivity contribution in [1.29, 1.82) is 0 Å². The molecule has 3 rings (SSSR count). The van der Waals surface area contributed by atoms with Crippen LogP contribution in [0.1, 0.15) is 28.8 Å². The SMILES string of the molecule is COc1ccc(NC(=O)C=Cc2cccnc2)c(C(=O)NC2CC2)c1. The normalized spacial score (nSPS) is 13.5. The van der Waals surface area contributed by atoms with Gasteiger partial charge in [0.05, 0.1) is 18.4 Å². The van der Waals surface area contributed by atoms with Gasteiger partial charge in [-0.25, -0.2) is 0 Å². The van der Waals surface area contributed by atoms with Crippen LogP contribution < -0.4 is 15.4 Å². The van der Waals surface area contributed by atoms with E-state index in [4.69, 9.17) is 4.74 Å². The van der Waals surface area contributed by atoms with Crippen LogP contribution in [0.4, 0.5) is 5.69 Å². The molecule has 6 heteroatoms. The van der Waals surface area contributed by atoms with Gasteiger partial charge in [-0.2, -0.15) is 0 Å². The van der Waals surface area contributed by atoms with Crippen LogP contribution >= 0.6 is 0 Å². The van der Waals surface area contributed by atoms with Gasteiger partial charge in [-0.3, -0.25) is 14.6 Å². The second-order valence-electron chi connectivity index (χ2n) is 5.77. The van der Waals surface area contributed by atoms with Crippen molar-refractivity contribution < 1.29 is 14.3 Å². The van der Waals surface area contributed by atoms with Crippen molar-refractivity contribution in [1.82, 2.24) is 10.3 Å². The molecule has 128 valence electrons. The van der Waals surface area contributed by atoms with Gasteiger partial charge < -0.3 is 15.4 Å². The summed E-state index contributed by atoms with van der Waals surface area (Å²) in [4.78, 5) is 28.6. The van der Waals surface area contributed by atoms with E-state index in [1.165, 1.54) is 13.2 Å². The molecule has 0 radical (unpaired) electrons. The third-order valence-corrected chi connectivity index (χ3v) is 3.75. The summed E-state index contributed by atoms with van der Waals surface area (Å²) in [6, 6.07) is 8.86. The van der Waals surface area contributed by atoms with Gasteiger partial charge in [-0.15, -0.1) is 0 Å². The smallest absolute Gasteiger partial charge is 0.253 e. The van der Waals surface area contributed by atoms with E-state index < -0.39 is 0 Å². The van der Waals surface area contributed by atoms with Gasteiger partial charge in [0.2, 0.25) is 5.91 Å². The standard InChI is InChI=1S/C19H19N3O3/c1-25-15-7-8-17(16(11-15)19(24)21-14-5-6-14)22-18(23)9-4-13-3-2-10-20-12-13/h2-4,7-12,14H,5-6H2,1H3,(H,21,24)(H,22,23). The number of nitrogens with one attached hydrogen (secondary N) is 2. The zero-order valence-corrected chi connectivity index (χ0v) is 13.9. The number of methoxy groups -OCH3 is 1. The Bertz CT molecular complexity index is 799. The molecule has 0 spiro atoms. The van der Waals surface area contributed by atoms with Crippen LogP contribution in [0.3, 0.4) is 0 Å². The molecule has 0 aliphatic heterocycles.